The molecule has 130 valence electrons. The molecule has 1 aliphatic heterocycles. The number of ether oxygens (including phenoxy) is 1. The Bertz CT molecular complexity index is 501. The number of morpholine rings is 1. The summed E-state index contributed by atoms with van der Waals surface area (Å²) in [6, 6.07) is 0. The van der Waals surface area contributed by atoms with Crippen molar-refractivity contribution < 1.29 is 4.74 Å². The second-order valence-corrected chi connectivity index (χ2v) is 7.41. The Labute approximate surface area is 140 Å². The molecule has 2 heterocycles. The summed E-state index contributed by atoms with van der Waals surface area (Å²) in [5.74, 6) is 1.09. The molecule has 2 fully saturated rings. The van der Waals surface area contributed by atoms with Crippen molar-refractivity contribution in [1.29, 1.82) is 0 Å². The van der Waals surface area contributed by atoms with Crippen LogP contribution in [0.5, 0.6) is 0 Å². The molecule has 2 aliphatic rings. The summed E-state index contributed by atoms with van der Waals surface area (Å²) in [6.45, 7) is 8.18. The topological polar surface area (TPSA) is 33.5 Å². The SMILES string of the molecule is Cc1ncc(CN(C)CC2(N3CCOCC3)CCCCC2)n1C. The van der Waals surface area contributed by atoms with Gasteiger partial charge in [-0.15, -0.1) is 0 Å². The Hall–Kier alpha value is -0.910. The van der Waals surface area contributed by atoms with Crippen molar-refractivity contribution in [3.05, 3.63) is 17.7 Å². The van der Waals surface area contributed by atoms with Crippen LogP contribution in [0.25, 0.3) is 0 Å². The highest BCUT2D eigenvalue weighted by Crippen LogP contribution is 2.35. The summed E-state index contributed by atoms with van der Waals surface area (Å²) in [5.41, 5.74) is 1.66. The van der Waals surface area contributed by atoms with E-state index in [0.29, 0.717) is 5.54 Å². The maximum atomic E-state index is 5.59. The quantitative estimate of drug-likeness (QED) is 0.833. The maximum Gasteiger partial charge on any atom is 0.105 e. The van der Waals surface area contributed by atoms with Gasteiger partial charge in [-0.2, -0.15) is 0 Å². The van der Waals surface area contributed by atoms with E-state index in [2.05, 4.69) is 40.4 Å². The standard InChI is InChI=1S/C18H32N4O/c1-16-19-13-17(21(16)3)14-20(2)15-18(7-5-4-6-8-18)22-9-11-23-12-10-22/h13H,4-12,14-15H2,1-3H3. The van der Waals surface area contributed by atoms with Crippen LogP contribution in [0.1, 0.15) is 43.6 Å². The molecule has 1 aromatic heterocycles. The third-order valence-corrected chi connectivity index (χ3v) is 5.78. The molecule has 0 N–H and O–H groups in total. The van der Waals surface area contributed by atoms with E-state index in [1.807, 2.05) is 6.20 Å². The Kier molecular flexibility index (Phi) is 5.39. The summed E-state index contributed by atoms with van der Waals surface area (Å²) < 4.78 is 7.79. The fraction of sp³-hybridized carbons (Fsp3) is 0.833. The van der Waals surface area contributed by atoms with Crippen LogP contribution in [-0.4, -0.2) is 64.8 Å². The van der Waals surface area contributed by atoms with Gasteiger partial charge in [-0.05, 0) is 26.8 Å². The number of hydrogen-bond acceptors (Lipinski definition) is 4. The van der Waals surface area contributed by atoms with Crippen molar-refractivity contribution in [2.75, 3.05) is 39.9 Å². The van der Waals surface area contributed by atoms with E-state index >= 15 is 0 Å². The predicted molar refractivity (Wildman–Crippen MR) is 92.5 cm³/mol. The molecule has 0 bridgehead atoms. The van der Waals surface area contributed by atoms with E-state index < -0.39 is 0 Å². The van der Waals surface area contributed by atoms with Crippen molar-refractivity contribution in [2.45, 2.75) is 51.1 Å². The van der Waals surface area contributed by atoms with Crippen molar-refractivity contribution >= 4 is 0 Å². The molecule has 1 saturated heterocycles. The lowest BCUT2D eigenvalue weighted by molar-refractivity contribution is -0.0492. The number of hydrogen-bond donors (Lipinski definition) is 0. The third kappa shape index (κ3) is 3.78. The summed E-state index contributed by atoms with van der Waals surface area (Å²) >= 11 is 0. The minimum absolute atomic E-state index is 0.352. The zero-order valence-corrected chi connectivity index (χ0v) is 15.1. The number of imidazole rings is 1. The molecule has 0 spiro atoms. The lowest BCUT2D eigenvalue weighted by atomic mass is 9.79. The molecule has 1 aliphatic carbocycles. The fourth-order valence-electron chi connectivity index (χ4n) is 4.35. The van der Waals surface area contributed by atoms with E-state index in [1.165, 1.54) is 37.8 Å². The lowest BCUT2D eigenvalue weighted by Gasteiger charge is -2.49. The first-order chi connectivity index (χ1) is 11.1. The zero-order valence-electron chi connectivity index (χ0n) is 15.1. The van der Waals surface area contributed by atoms with E-state index in [1.54, 1.807) is 0 Å². The Balaban J connectivity index is 1.68. The third-order valence-electron chi connectivity index (χ3n) is 5.78. The molecule has 1 saturated carbocycles. The molecule has 1 aromatic rings. The van der Waals surface area contributed by atoms with E-state index in [9.17, 15) is 0 Å². The van der Waals surface area contributed by atoms with E-state index in [4.69, 9.17) is 4.74 Å². The van der Waals surface area contributed by atoms with Crippen molar-refractivity contribution in [1.82, 2.24) is 19.4 Å². The molecular formula is C18H32N4O. The maximum absolute atomic E-state index is 5.59. The van der Waals surface area contributed by atoms with E-state index in [0.717, 1.165) is 45.2 Å². The van der Waals surface area contributed by atoms with Gasteiger partial charge in [-0.3, -0.25) is 9.80 Å². The Morgan fingerprint density at radius 1 is 1.22 bits per heavy atom. The number of nitrogens with zero attached hydrogens (tertiary/aromatic N) is 4. The lowest BCUT2D eigenvalue weighted by Crippen LogP contribution is -2.59. The largest absolute Gasteiger partial charge is 0.379 e. The number of likely N-dealkylation sites (N-methyl/N-ethyl adjacent to an activating group) is 1. The van der Waals surface area contributed by atoms with Crippen LogP contribution in [0, 0.1) is 6.92 Å². The summed E-state index contributed by atoms with van der Waals surface area (Å²) in [4.78, 5) is 9.65. The first kappa shape index (κ1) is 16.9. The van der Waals surface area contributed by atoms with Crippen LogP contribution < -0.4 is 0 Å². The predicted octanol–water partition coefficient (Wildman–Crippen LogP) is 2.20. The van der Waals surface area contributed by atoms with Crippen LogP contribution in [0.15, 0.2) is 6.20 Å². The van der Waals surface area contributed by atoms with Crippen molar-refractivity contribution in [3.63, 3.8) is 0 Å². The molecule has 0 amide bonds. The minimum Gasteiger partial charge on any atom is -0.379 e. The molecule has 3 rings (SSSR count). The van der Waals surface area contributed by atoms with Crippen molar-refractivity contribution in [3.8, 4) is 0 Å². The summed E-state index contributed by atoms with van der Waals surface area (Å²) in [6.07, 6.45) is 8.83. The highest BCUT2D eigenvalue weighted by molar-refractivity contribution is 5.04. The molecule has 0 aromatic carbocycles. The van der Waals surface area contributed by atoms with Crippen LogP contribution in [0.4, 0.5) is 0 Å². The fourth-order valence-corrected chi connectivity index (χ4v) is 4.35. The molecule has 5 heteroatoms. The van der Waals surface area contributed by atoms with Gasteiger partial charge < -0.3 is 9.30 Å². The number of rotatable bonds is 5. The van der Waals surface area contributed by atoms with Gasteiger partial charge in [0.05, 0.1) is 18.9 Å². The number of aryl methyl sites for hydroxylation is 1. The van der Waals surface area contributed by atoms with Crippen LogP contribution in [0.3, 0.4) is 0 Å². The second kappa shape index (κ2) is 7.32. The van der Waals surface area contributed by atoms with Gasteiger partial charge in [0.1, 0.15) is 5.82 Å². The first-order valence-electron chi connectivity index (χ1n) is 9.09. The average molecular weight is 320 g/mol. The second-order valence-electron chi connectivity index (χ2n) is 7.41. The molecule has 0 unspecified atom stereocenters. The molecule has 5 nitrogen and oxygen atoms in total. The molecule has 0 radical (unpaired) electrons. The van der Waals surface area contributed by atoms with Gasteiger partial charge >= 0.3 is 0 Å². The zero-order chi connectivity index (χ0) is 16.3. The number of aromatic nitrogens is 2. The van der Waals surface area contributed by atoms with Crippen LogP contribution >= 0.6 is 0 Å². The van der Waals surface area contributed by atoms with Gasteiger partial charge in [-0.1, -0.05) is 19.3 Å². The van der Waals surface area contributed by atoms with E-state index in [-0.39, 0.29) is 0 Å². The monoisotopic (exact) mass is 320 g/mol. The normalized spacial score (nSPS) is 22.6. The highest BCUT2D eigenvalue weighted by Gasteiger charge is 2.39. The summed E-state index contributed by atoms with van der Waals surface area (Å²) in [5, 5.41) is 0. The molecule has 23 heavy (non-hydrogen) atoms. The minimum atomic E-state index is 0.352. The summed E-state index contributed by atoms with van der Waals surface area (Å²) in [7, 11) is 4.38. The van der Waals surface area contributed by atoms with Gasteiger partial charge in [0.2, 0.25) is 0 Å². The van der Waals surface area contributed by atoms with Gasteiger partial charge in [-0.25, -0.2) is 4.98 Å². The first-order valence-corrected chi connectivity index (χ1v) is 9.09. The molecule has 0 atom stereocenters. The average Bonchev–Trinajstić information content (AvgIpc) is 2.88. The van der Waals surface area contributed by atoms with Gasteiger partial charge in [0, 0.05) is 45.0 Å². The van der Waals surface area contributed by atoms with Crippen LogP contribution in [-0.2, 0) is 18.3 Å². The van der Waals surface area contributed by atoms with Crippen molar-refractivity contribution in [2.24, 2.45) is 7.05 Å². The Morgan fingerprint density at radius 2 is 1.91 bits per heavy atom. The van der Waals surface area contributed by atoms with Gasteiger partial charge in [0.25, 0.3) is 0 Å². The smallest absolute Gasteiger partial charge is 0.105 e. The Morgan fingerprint density at radius 3 is 2.52 bits per heavy atom. The molecular weight excluding hydrogens is 288 g/mol. The van der Waals surface area contributed by atoms with Crippen LogP contribution in [0.2, 0.25) is 0 Å². The van der Waals surface area contributed by atoms with Gasteiger partial charge in [0.15, 0.2) is 0 Å². The highest BCUT2D eigenvalue weighted by atomic mass is 16.5.